The zero-order valence-electron chi connectivity index (χ0n) is 20.7. The van der Waals surface area contributed by atoms with Crippen LogP contribution < -0.4 is 0 Å². The van der Waals surface area contributed by atoms with Gasteiger partial charge in [0, 0.05) is 5.88 Å². The van der Waals surface area contributed by atoms with E-state index in [2.05, 4.69) is 20.8 Å². The first-order chi connectivity index (χ1) is 15.0. The molecule has 182 valence electrons. The van der Waals surface area contributed by atoms with Gasteiger partial charge in [0.25, 0.3) is 0 Å². The Morgan fingerprint density at radius 2 is 1.62 bits per heavy atom. The van der Waals surface area contributed by atoms with Gasteiger partial charge >= 0.3 is 12.1 Å². The van der Waals surface area contributed by atoms with Crippen molar-refractivity contribution in [2.45, 2.75) is 91.0 Å². The zero-order chi connectivity index (χ0) is 24.4. The number of rotatable bonds is 12. The average molecular weight is 486 g/mol. The van der Waals surface area contributed by atoms with Gasteiger partial charge in [0.2, 0.25) is 0 Å². The molecule has 32 heavy (non-hydrogen) atoms. The Morgan fingerprint density at radius 3 is 2.09 bits per heavy atom. The lowest BCUT2D eigenvalue weighted by Crippen LogP contribution is -2.52. The van der Waals surface area contributed by atoms with Gasteiger partial charge in [-0.15, -0.1) is 11.6 Å². The second-order valence-electron chi connectivity index (χ2n) is 9.04. The van der Waals surface area contributed by atoms with Crippen LogP contribution in [0.2, 0.25) is 18.1 Å². The molecule has 0 bridgehead atoms. The summed E-state index contributed by atoms with van der Waals surface area (Å²) in [5.74, 6) is -0.280. The number of ether oxygens (including phenoxy) is 2. The quantitative estimate of drug-likeness (QED) is 0.207. The molecule has 0 spiro atoms. The van der Waals surface area contributed by atoms with Crippen LogP contribution in [-0.2, 0) is 25.3 Å². The summed E-state index contributed by atoms with van der Waals surface area (Å²) in [6, 6.07) is 11.5. The van der Waals surface area contributed by atoms with E-state index in [4.69, 9.17) is 25.5 Å². The average Bonchev–Trinajstić information content (AvgIpc) is 2.77. The van der Waals surface area contributed by atoms with E-state index in [1.165, 1.54) is 4.90 Å². The topological polar surface area (TPSA) is 65.1 Å². The van der Waals surface area contributed by atoms with Crippen LogP contribution in [0.4, 0.5) is 4.79 Å². The number of hydrogen-bond acceptors (Lipinski definition) is 5. The third kappa shape index (κ3) is 9.12. The predicted octanol–water partition coefficient (Wildman–Crippen LogP) is 5.98. The van der Waals surface area contributed by atoms with E-state index in [0.29, 0.717) is 0 Å². The number of esters is 1. The van der Waals surface area contributed by atoms with E-state index in [-0.39, 0.29) is 25.1 Å². The van der Waals surface area contributed by atoms with Gasteiger partial charge in [0.15, 0.2) is 8.32 Å². The number of benzene rings is 1. The number of halogens is 1. The molecule has 1 aromatic carbocycles. The number of hydrogen-bond donors (Lipinski definition) is 0. The summed E-state index contributed by atoms with van der Waals surface area (Å²) in [5.41, 5.74) is 0.179. The molecule has 0 unspecified atom stereocenters. The van der Waals surface area contributed by atoms with Crippen LogP contribution in [-0.4, -0.2) is 55.5 Å². The minimum absolute atomic E-state index is 0.138. The summed E-state index contributed by atoms with van der Waals surface area (Å²) in [6.07, 6.45) is -0.975. The maximum absolute atomic E-state index is 13.0. The fourth-order valence-corrected chi connectivity index (χ4v) is 6.51. The number of nitrogens with zero attached hydrogens (tertiary/aromatic N) is 1. The number of carbonyl (C=O) groups excluding carboxylic acids is 2. The van der Waals surface area contributed by atoms with Crippen LogP contribution in [0.5, 0.6) is 0 Å². The molecule has 6 nitrogen and oxygen atoms in total. The molecule has 0 heterocycles. The lowest BCUT2D eigenvalue weighted by atomic mass is 10.2. The van der Waals surface area contributed by atoms with Gasteiger partial charge in [-0.25, -0.2) is 9.59 Å². The van der Waals surface area contributed by atoms with E-state index in [9.17, 15) is 9.59 Å². The van der Waals surface area contributed by atoms with Gasteiger partial charge in [-0.2, -0.15) is 0 Å². The molecule has 0 aliphatic heterocycles. The molecule has 0 radical (unpaired) electrons. The van der Waals surface area contributed by atoms with Gasteiger partial charge in [0.1, 0.15) is 18.2 Å². The minimum atomic E-state index is -1.95. The Balaban J connectivity index is 3.01. The first-order valence-corrected chi connectivity index (χ1v) is 14.5. The molecule has 2 atom stereocenters. The molecular weight excluding hydrogens is 446 g/mol. The lowest BCUT2D eigenvalue weighted by molar-refractivity contribution is -0.150. The number of alkyl halides is 1. The zero-order valence-corrected chi connectivity index (χ0v) is 22.4. The molecule has 1 aromatic rings. The van der Waals surface area contributed by atoms with E-state index in [1.807, 2.05) is 30.3 Å². The van der Waals surface area contributed by atoms with E-state index in [1.54, 1.807) is 27.7 Å². The maximum atomic E-state index is 13.0. The monoisotopic (exact) mass is 485 g/mol. The van der Waals surface area contributed by atoms with Crippen LogP contribution in [0.25, 0.3) is 0 Å². The van der Waals surface area contributed by atoms with Crippen molar-refractivity contribution < 1.29 is 23.5 Å². The Kier molecular flexibility index (Phi) is 11.7. The molecule has 0 aliphatic rings. The SMILES string of the molecule is CC[Si](CC)(CC)O[C@H](CCl)CN(C(=O)OC(C)(C)C)[C@@H](C)C(=O)OCc1ccccc1. The first-order valence-electron chi connectivity index (χ1n) is 11.4. The molecule has 0 aliphatic carbocycles. The van der Waals surface area contributed by atoms with E-state index >= 15 is 0 Å². The number of amides is 1. The third-order valence-corrected chi connectivity index (χ3v) is 10.6. The van der Waals surface area contributed by atoms with E-state index < -0.39 is 32.0 Å². The van der Waals surface area contributed by atoms with Crippen molar-refractivity contribution >= 4 is 32.0 Å². The largest absolute Gasteiger partial charge is 0.459 e. The highest BCUT2D eigenvalue weighted by Crippen LogP contribution is 2.25. The van der Waals surface area contributed by atoms with Crippen LogP contribution in [0.1, 0.15) is 54.0 Å². The van der Waals surface area contributed by atoms with Crippen LogP contribution >= 0.6 is 11.6 Å². The smallest absolute Gasteiger partial charge is 0.411 e. The summed E-state index contributed by atoms with van der Waals surface area (Å²) in [7, 11) is -1.95. The van der Waals surface area contributed by atoms with Crippen molar-refractivity contribution in [3.63, 3.8) is 0 Å². The Morgan fingerprint density at radius 1 is 1.06 bits per heavy atom. The molecule has 0 aromatic heterocycles. The van der Waals surface area contributed by atoms with Crippen LogP contribution in [0, 0.1) is 0 Å². The van der Waals surface area contributed by atoms with Crippen molar-refractivity contribution in [2.75, 3.05) is 12.4 Å². The normalized spacial score (nSPS) is 13.9. The molecule has 1 rings (SSSR count). The second-order valence-corrected chi connectivity index (χ2v) is 14.1. The van der Waals surface area contributed by atoms with Crippen molar-refractivity contribution in [3.8, 4) is 0 Å². The molecule has 1 amide bonds. The first kappa shape index (κ1) is 28.5. The molecule has 0 saturated carbocycles. The highest BCUT2D eigenvalue weighted by atomic mass is 35.5. The van der Waals surface area contributed by atoms with Crippen LogP contribution in [0.15, 0.2) is 30.3 Å². The molecular formula is C24H40ClNO5Si. The summed E-state index contributed by atoms with van der Waals surface area (Å²) in [5, 5.41) is 0. The fraction of sp³-hybridized carbons (Fsp3) is 0.667. The summed E-state index contributed by atoms with van der Waals surface area (Å²) in [4.78, 5) is 27.2. The van der Waals surface area contributed by atoms with Gasteiger partial charge in [0.05, 0.1) is 12.6 Å². The van der Waals surface area contributed by atoms with Crippen molar-refractivity contribution in [1.82, 2.24) is 4.90 Å². The summed E-state index contributed by atoms with van der Waals surface area (Å²) < 4.78 is 17.6. The molecule has 0 saturated heterocycles. The summed E-state index contributed by atoms with van der Waals surface area (Å²) in [6.45, 7) is 13.7. The minimum Gasteiger partial charge on any atom is -0.459 e. The number of carbonyl (C=O) groups is 2. The predicted molar refractivity (Wildman–Crippen MR) is 131 cm³/mol. The molecule has 0 fully saturated rings. The second kappa shape index (κ2) is 13.2. The van der Waals surface area contributed by atoms with Gasteiger partial charge in [-0.3, -0.25) is 4.90 Å². The highest BCUT2D eigenvalue weighted by molar-refractivity contribution is 6.73. The van der Waals surface area contributed by atoms with Crippen molar-refractivity contribution in [1.29, 1.82) is 0 Å². The third-order valence-electron chi connectivity index (χ3n) is 5.58. The van der Waals surface area contributed by atoms with Gasteiger partial charge in [-0.1, -0.05) is 51.1 Å². The van der Waals surface area contributed by atoms with Gasteiger partial charge < -0.3 is 13.9 Å². The highest BCUT2D eigenvalue weighted by Gasteiger charge is 2.36. The van der Waals surface area contributed by atoms with E-state index in [0.717, 1.165) is 23.7 Å². The molecule has 0 N–H and O–H groups in total. The molecule has 8 heteroatoms. The van der Waals surface area contributed by atoms with Crippen molar-refractivity contribution in [3.05, 3.63) is 35.9 Å². The maximum Gasteiger partial charge on any atom is 0.411 e. The van der Waals surface area contributed by atoms with Crippen LogP contribution in [0.3, 0.4) is 0 Å². The summed E-state index contributed by atoms with van der Waals surface area (Å²) >= 11 is 6.25. The lowest BCUT2D eigenvalue weighted by Gasteiger charge is -2.37. The Labute approximate surface area is 199 Å². The Hall–Kier alpha value is -1.57. The van der Waals surface area contributed by atoms with Crippen molar-refractivity contribution in [2.24, 2.45) is 0 Å². The Bertz CT molecular complexity index is 698. The van der Waals surface area contributed by atoms with Gasteiger partial charge in [-0.05, 0) is 51.4 Å². The standard InChI is InChI=1S/C24H40ClNO5Si/c1-8-32(9-2,10-3)31-21(16-25)17-26(23(28)30-24(5,6)7)19(4)22(27)29-18-20-14-12-11-13-15-20/h11-15,19,21H,8-10,16-18H2,1-7H3/t19-,21+/m0/s1. The fourth-order valence-electron chi connectivity index (χ4n) is 3.38.